The van der Waals surface area contributed by atoms with Crippen LogP contribution in [0, 0.1) is 0 Å². The minimum Gasteiger partial charge on any atom is -0.272 e. The van der Waals surface area contributed by atoms with Crippen molar-refractivity contribution in [2.24, 2.45) is 5.10 Å². The fourth-order valence-electron chi connectivity index (χ4n) is 2.92. The van der Waals surface area contributed by atoms with Gasteiger partial charge in [0.25, 0.3) is 5.91 Å². The van der Waals surface area contributed by atoms with Crippen LogP contribution in [0.3, 0.4) is 0 Å². The van der Waals surface area contributed by atoms with Gasteiger partial charge in [-0.15, -0.1) is 10.2 Å². The van der Waals surface area contributed by atoms with E-state index in [0.717, 1.165) is 11.3 Å². The molecule has 4 rings (SSSR count). The first kappa shape index (κ1) is 23.3. The van der Waals surface area contributed by atoms with E-state index in [-0.39, 0.29) is 11.7 Å². The Labute approximate surface area is 209 Å². The lowest BCUT2D eigenvalue weighted by Gasteiger charge is -2.10. The molecular weight excluding hydrogens is 501 g/mol. The summed E-state index contributed by atoms with van der Waals surface area (Å²) >= 11 is 19.4. The van der Waals surface area contributed by atoms with E-state index in [1.165, 1.54) is 18.0 Å². The number of hydrogen-bond acceptors (Lipinski definition) is 5. The van der Waals surface area contributed by atoms with E-state index < -0.39 is 0 Å². The topological polar surface area (TPSA) is 72.2 Å². The Morgan fingerprint density at radius 3 is 2.48 bits per heavy atom. The van der Waals surface area contributed by atoms with Gasteiger partial charge in [0.1, 0.15) is 0 Å². The molecule has 0 aliphatic heterocycles. The molecule has 0 atom stereocenters. The van der Waals surface area contributed by atoms with Gasteiger partial charge in [-0.2, -0.15) is 5.10 Å². The van der Waals surface area contributed by atoms with E-state index in [2.05, 4.69) is 20.7 Å². The molecule has 4 aromatic rings. The highest BCUT2D eigenvalue weighted by Gasteiger charge is 2.17. The molecule has 0 fully saturated rings. The summed E-state index contributed by atoms with van der Waals surface area (Å²) in [6, 6.07) is 22.2. The SMILES string of the molecule is O=C(CSc1nnc(-c2ccc(Cl)cc2)n1-c1ccccc1)N/N=C\c1cccc(Cl)c1Cl. The minimum atomic E-state index is -0.301. The lowest BCUT2D eigenvalue weighted by molar-refractivity contribution is -0.118. The summed E-state index contributed by atoms with van der Waals surface area (Å²) in [6.07, 6.45) is 1.45. The van der Waals surface area contributed by atoms with Gasteiger partial charge in [0, 0.05) is 21.8 Å². The summed E-state index contributed by atoms with van der Waals surface area (Å²) in [5.41, 5.74) is 4.83. The standard InChI is InChI=1S/C23H16Cl3N5OS/c24-17-11-9-15(10-12-17)22-29-30-23(31(22)18-6-2-1-3-7-18)33-14-20(32)28-27-13-16-5-4-8-19(25)21(16)26/h1-13H,14H2,(H,28,32)/b27-13-. The number of amides is 1. The van der Waals surface area contributed by atoms with Crippen LogP contribution < -0.4 is 5.43 Å². The number of aromatic nitrogens is 3. The van der Waals surface area contributed by atoms with Crippen LogP contribution in [-0.4, -0.2) is 32.6 Å². The number of hydrogen-bond donors (Lipinski definition) is 1. The molecule has 0 aliphatic carbocycles. The van der Waals surface area contributed by atoms with Gasteiger partial charge in [-0.1, -0.05) is 76.9 Å². The van der Waals surface area contributed by atoms with Gasteiger partial charge in [-0.05, 0) is 42.5 Å². The number of carbonyl (C=O) groups is 1. The Balaban J connectivity index is 1.50. The van der Waals surface area contributed by atoms with E-state index in [1.54, 1.807) is 30.3 Å². The van der Waals surface area contributed by atoms with Crippen LogP contribution in [0.5, 0.6) is 0 Å². The molecule has 10 heteroatoms. The van der Waals surface area contributed by atoms with Crippen molar-refractivity contribution in [1.82, 2.24) is 20.2 Å². The third-order valence-corrected chi connectivity index (χ3v) is 6.47. The van der Waals surface area contributed by atoms with E-state index in [1.807, 2.05) is 47.0 Å². The first-order chi connectivity index (χ1) is 16.0. The zero-order chi connectivity index (χ0) is 23.2. The van der Waals surface area contributed by atoms with E-state index in [0.29, 0.717) is 31.6 Å². The number of para-hydroxylation sites is 1. The number of thioether (sulfide) groups is 1. The molecule has 0 spiro atoms. The number of benzene rings is 3. The fourth-order valence-corrected chi connectivity index (χ4v) is 4.14. The molecule has 0 bridgehead atoms. The Morgan fingerprint density at radius 2 is 1.73 bits per heavy atom. The molecular formula is C23H16Cl3N5OS. The van der Waals surface area contributed by atoms with Crippen LogP contribution >= 0.6 is 46.6 Å². The first-order valence-corrected chi connectivity index (χ1v) is 11.8. The van der Waals surface area contributed by atoms with Crippen molar-refractivity contribution in [2.45, 2.75) is 5.16 Å². The van der Waals surface area contributed by atoms with Gasteiger partial charge < -0.3 is 0 Å². The van der Waals surface area contributed by atoms with Gasteiger partial charge in [-0.25, -0.2) is 5.43 Å². The summed E-state index contributed by atoms with van der Waals surface area (Å²) in [5, 5.41) is 14.6. The molecule has 0 unspecified atom stereocenters. The van der Waals surface area contributed by atoms with Crippen LogP contribution in [0.4, 0.5) is 0 Å². The van der Waals surface area contributed by atoms with Crippen LogP contribution in [0.1, 0.15) is 5.56 Å². The highest BCUT2D eigenvalue weighted by molar-refractivity contribution is 7.99. The molecule has 3 aromatic carbocycles. The zero-order valence-electron chi connectivity index (χ0n) is 17.0. The van der Waals surface area contributed by atoms with Gasteiger partial charge in [-0.3, -0.25) is 9.36 Å². The molecule has 166 valence electrons. The molecule has 1 amide bonds. The number of rotatable bonds is 7. The molecule has 1 aromatic heterocycles. The second-order valence-electron chi connectivity index (χ2n) is 6.71. The summed E-state index contributed by atoms with van der Waals surface area (Å²) in [4.78, 5) is 12.3. The monoisotopic (exact) mass is 515 g/mol. The number of nitrogens with one attached hydrogen (secondary N) is 1. The molecule has 6 nitrogen and oxygen atoms in total. The van der Waals surface area contributed by atoms with Gasteiger partial charge in [0.05, 0.1) is 22.0 Å². The third kappa shape index (κ3) is 5.75. The van der Waals surface area contributed by atoms with E-state index >= 15 is 0 Å². The number of carbonyl (C=O) groups excluding carboxylic acids is 1. The van der Waals surface area contributed by atoms with E-state index in [9.17, 15) is 4.79 Å². The van der Waals surface area contributed by atoms with Crippen molar-refractivity contribution in [2.75, 3.05) is 5.75 Å². The maximum absolute atomic E-state index is 12.3. The summed E-state index contributed by atoms with van der Waals surface area (Å²) in [5.74, 6) is 0.436. The Morgan fingerprint density at radius 1 is 0.970 bits per heavy atom. The highest BCUT2D eigenvalue weighted by atomic mass is 35.5. The normalized spacial score (nSPS) is 11.1. The van der Waals surface area contributed by atoms with Gasteiger partial charge in [0.2, 0.25) is 0 Å². The van der Waals surface area contributed by atoms with Crippen LogP contribution in [0.2, 0.25) is 15.1 Å². The average molecular weight is 517 g/mol. The second kappa shape index (κ2) is 10.9. The summed E-state index contributed by atoms with van der Waals surface area (Å²) < 4.78 is 1.90. The fraction of sp³-hybridized carbons (Fsp3) is 0.0435. The zero-order valence-corrected chi connectivity index (χ0v) is 20.0. The minimum absolute atomic E-state index is 0.0895. The molecule has 33 heavy (non-hydrogen) atoms. The molecule has 0 saturated carbocycles. The number of halogens is 3. The largest absolute Gasteiger partial charge is 0.272 e. The van der Waals surface area contributed by atoms with Crippen molar-refractivity contribution < 1.29 is 4.79 Å². The second-order valence-corrected chi connectivity index (χ2v) is 8.87. The van der Waals surface area contributed by atoms with Gasteiger partial charge >= 0.3 is 0 Å². The Hall–Kier alpha value is -2.84. The van der Waals surface area contributed by atoms with Crippen LogP contribution in [0.15, 0.2) is 83.1 Å². The van der Waals surface area contributed by atoms with Crippen molar-refractivity contribution in [1.29, 1.82) is 0 Å². The number of nitrogens with zero attached hydrogens (tertiary/aromatic N) is 4. The molecule has 1 N–H and O–H groups in total. The smallest absolute Gasteiger partial charge is 0.250 e. The quantitative estimate of drug-likeness (QED) is 0.182. The summed E-state index contributed by atoms with van der Waals surface area (Å²) in [6.45, 7) is 0. The van der Waals surface area contributed by atoms with Crippen molar-refractivity contribution in [3.8, 4) is 17.1 Å². The molecule has 1 heterocycles. The summed E-state index contributed by atoms with van der Waals surface area (Å²) in [7, 11) is 0. The first-order valence-electron chi connectivity index (χ1n) is 9.68. The molecule has 0 radical (unpaired) electrons. The molecule has 0 aliphatic rings. The van der Waals surface area contributed by atoms with Crippen molar-refractivity contribution >= 4 is 58.7 Å². The Bertz CT molecular complexity index is 1290. The van der Waals surface area contributed by atoms with Crippen LogP contribution in [-0.2, 0) is 4.79 Å². The predicted molar refractivity (Wildman–Crippen MR) is 135 cm³/mol. The Kier molecular flexibility index (Phi) is 7.67. The predicted octanol–water partition coefficient (Wildman–Crippen LogP) is 6.14. The highest BCUT2D eigenvalue weighted by Crippen LogP contribution is 2.28. The lowest BCUT2D eigenvalue weighted by Crippen LogP contribution is -2.20. The lowest BCUT2D eigenvalue weighted by atomic mass is 10.2. The van der Waals surface area contributed by atoms with Crippen molar-refractivity contribution in [3.63, 3.8) is 0 Å². The van der Waals surface area contributed by atoms with E-state index in [4.69, 9.17) is 34.8 Å². The number of hydrazone groups is 1. The average Bonchev–Trinajstić information content (AvgIpc) is 3.25. The maximum atomic E-state index is 12.3. The van der Waals surface area contributed by atoms with Crippen molar-refractivity contribution in [3.05, 3.63) is 93.4 Å². The third-order valence-electron chi connectivity index (χ3n) is 4.46. The maximum Gasteiger partial charge on any atom is 0.250 e. The van der Waals surface area contributed by atoms with Gasteiger partial charge in [0.15, 0.2) is 11.0 Å². The van der Waals surface area contributed by atoms with Crippen LogP contribution in [0.25, 0.3) is 17.1 Å². The molecule has 0 saturated heterocycles.